The molecule has 0 spiro atoms. The fourth-order valence-corrected chi connectivity index (χ4v) is 3.14. The minimum absolute atomic E-state index is 0.0118. The van der Waals surface area contributed by atoms with Gasteiger partial charge < -0.3 is 21.0 Å². The smallest absolute Gasteiger partial charge is 0.234 e. The Hall–Kier alpha value is -0.950. The number of amidine groups is 1. The zero-order chi connectivity index (χ0) is 13.9. The van der Waals surface area contributed by atoms with Gasteiger partial charge in [0.1, 0.15) is 5.41 Å². The normalized spacial score (nSPS) is 24.8. The molecular formula is C12H21N3O3S. The van der Waals surface area contributed by atoms with Gasteiger partial charge in [-0.15, -0.1) is 0 Å². The predicted molar refractivity (Wildman–Crippen MR) is 74.4 cm³/mol. The third-order valence-electron chi connectivity index (χ3n) is 4.19. The quantitative estimate of drug-likeness (QED) is 0.297. The number of oxime groups is 1. The van der Waals surface area contributed by atoms with Crippen LogP contribution in [0.3, 0.4) is 0 Å². The Morgan fingerprint density at radius 1 is 1.42 bits per heavy atom. The number of carbonyl (C=O) groups is 1. The third kappa shape index (κ3) is 2.81. The molecule has 1 aliphatic heterocycles. The third-order valence-corrected chi connectivity index (χ3v) is 5.61. The van der Waals surface area contributed by atoms with Crippen LogP contribution in [0, 0.1) is 5.41 Å². The van der Waals surface area contributed by atoms with E-state index in [0.29, 0.717) is 32.6 Å². The van der Waals surface area contributed by atoms with Crippen molar-refractivity contribution in [3.05, 3.63) is 0 Å². The van der Waals surface area contributed by atoms with E-state index in [-0.39, 0.29) is 16.5 Å². The average molecular weight is 287 g/mol. The molecule has 2 fully saturated rings. The second kappa shape index (κ2) is 5.58. The molecule has 0 unspecified atom stereocenters. The first-order valence-corrected chi connectivity index (χ1v) is 7.70. The number of amides is 1. The lowest BCUT2D eigenvalue weighted by molar-refractivity contribution is -0.131. The minimum atomic E-state index is -0.915. The van der Waals surface area contributed by atoms with Gasteiger partial charge in [0, 0.05) is 24.5 Å². The van der Waals surface area contributed by atoms with Gasteiger partial charge in [-0.2, -0.15) is 11.8 Å². The molecule has 0 radical (unpaired) electrons. The van der Waals surface area contributed by atoms with Gasteiger partial charge in [0.15, 0.2) is 5.84 Å². The van der Waals surface area contributed by atoms with Crippen LogP contribution in [0.15, 0.2) is 5.16 Å². The van der Waals surface area contributed by atoms with Crippen LogP contribution in [-0.2, 0) is 9.53 Å². The molecule has 0 aromatic heterocycles. The van der Waals surface area contributed by atoms with Crippen molar-refractivity contribution in [2.75, 3.05) is 26.0 Å². The maximum atomic E-state index is 12.5. The maximum absolute atomic E-state index is 12.5. The van der Waals surface area contributed by atoms with E-state index in [1.807, 2.05) is 0 Å². The van der Waals surface area contributed by atoms with E-state index < -0.39 is 5.41 Å². The zero-order valence-corrected chi connectivity index (χ0v) is 12.0. The average Bonchev–Trinajstić information content (AvgIpc) is 3.25. The Balaban J connectivity index is 2.03. The molecule has 2 rings (SSSR count). The summed E-state index contributed by atoms with van der Waals surface area (Å²) in [6.45, 7) is 1.56. The summed E-state index contributed by atoms with van der Waals surface area (Å²) in [4.78, 5) is 12.5. The molecule has 2 aliphatic rings. The maximum Gasteiger partial charge on any atom is 0.234 e. The first-order chi connectivity index (χ1) is 9.08. The van der Waals surface area contributed by atoms with Crippen molar-refractivity contribution in [3.63, 3.8) is 0 Å². The summed E-state index contributed by atoms with van der Waals surface area (Å²) in [5.74, 6) is -0.159. The van der Waals surface area contributed by atoms with Gasteiger partial charge in [-0.1, -0.05) is 5.16 Å². The van der Waals surface area contributed by atoms with Crippen molar-refractivity contribution in [1.82, 2.24) is 5.32 Å². The van der Waals surface area contributed by atoms with Crippen LogP contribution in [0.2, 0.25) is 0 Å². The van der Waals surface area contributed by atoms with Crippen molar-refractivity contribution < 1.29 is 14.7 Å². The standard InChI is InChI=1S/C12H21N3O3S/c1-19-11(2-3-11)8-14-10(16)12(9(13)15-17)4-6-18-7-5-12/h17H,2-8H2,1H3,(H2,13,15)(H,14,16). The van der Waals surface area contributed by atoms with E-state index in [9.17, 15) is 4.79 Å². The van der Waals surface area contributed by atoms with Gasteiger partial charge in [-0.05, 0) is 31.9 Å². The van der Waals surface area contributed by atoms with Crippen molar-refractivity contribution in [3.8, 4) is 0 Å². The van der Waals surface area contributed by atoms with Crippen molar-refractivity contribution in [2.45, 2.75) is 30.4 Å². The summed E-state index contributed by atoms with van der Waals surface area (Å²) < 4.78 is 5.47. The highest BCUT2D eigenvalue weighted by molar-refractivity contribution is 8.00. The van der Waals surface area contributed by atoms with E-state index in [1.165, 1.54) is 0 Å². The molecule has 1 saturated heterocycles. The summed E-state index contributed by atoms with van der Waals surface area (Å²) in [7, 11) is 0. The highest BCUT2D eigenvalue weighted by Gasteiger charge is 2.47. The van der Waals surface area contributed by atoms with Gasteiger partial charge >= 0.3 is 0 Å². The molecule has 19 heavy (non-hydrogen) atoms. The molecule has 108 valence electrons. The van der Waals surface area contributed by atoms with Crippen LogP contribution in [-0.4, -0.2) is 47.7 Å². The van der Waals surface area contributed by atoms with Gasteiger partial charge in [0.05, 0.1) is 0 Å². The molecule has 7 heteroatoms. The lowest BCUT2D eigenvalue weighted by Crippen LogP contribution is -2.53. The topological polar surface area (TPSA) is 96.9 Å². The Kier molecular flexibility index (Phi) is 4.25. The number of carbonyl (C=O) groups excluding carboxylic acids is 1. The summed E-state index contributed by atoms with van der Waals surface area (Å²) in [5.41, 5.74) is 4.83. The van der Waals surface area contributed by atoms with Crippen LogP contribution >= 0.6 is 11.8 Å². The number of ether oxygens (including phenoxy) is 1. The van der Waals surface area contributed by atoms with E-state index in [0.717, 1.165) is 12.8 Å². The van der Waals surface area contributed by atoms with Crippen molar-refractivity contribution >= 4 is 23.5 Å². The van der Waals surface area contributed by atoms with Gasteiger partial charge in [0.2, 0.25) is 5.91 Å². The molecular weight excluding hydrogens is 266 g/mol. The fourth-order valence-electron chi connectivity index (χ4n) is 2.42. The van der Waals surface area contributed by atoms with Gasteiger partial charge in [0.25, 0.3) is 0 Å². The first-order valence-electron chi connectivity index (χ1n) is 6.48. The summed E-state index contributed by atoms with van der Waals surface area (Å²) >= 11 is 1.79. The predicted octanol–water partition coefficient (Wildman–Crippen LogP) is 0.541. The molecule has 0 aromatic rings. The molecule has 0 bridgehead atoms. The van der Waals surface area contributed by atoms with E-state index in [2.05, 4.69) is 16.7 Å². The number of nitrogens with two attached hydrogens (primary N) is 1. The molecule has 0 aromatic carbocycles. The minimum Gasteiger partial charge on any atom is -0.409 e. The summed E-state index contributed by atoms with van der Waals surface area (Å²) in [6, 6.07) is 0. The second-order valence-electron chi connectivity index (χ2n) is 5.25. The van der Waals surface area contributed by atoms with Crippen LogP contribution < -0.4 is 11.1 Å². The SMILES string of the molecule is CSC1(CNC(=O)C2(C(N)=NO)CCOCC2)CC1. The number of nitrogens with zero attached hydrogens (tertiary/aromatic N) is 1. The Morgan fingerprint density at radius 3 is 2.53 bits per heavy atom. The van der Waals surface area contributed by atoms with E-state index in [1.54, 1.807) is 11.8 Å². The molecule has 1 aliphatic carbocycles. The number of hydrogen-bond acceptors (Lipinski definition) is 5. The summed E-state index contributed by atoms with van der Waals surface area (Å²) in [5, 5.41) is 15.0. The van der Waals surface area contributed by atoms with Crippen LogP contribution in [0.4, 0.5) is 0 Å². The molecule has 1 heterocycles. The Morgan fingerprint density at radius 2 is 2.05 bits per heavy atom. The lowest BCUT2D eigenvalue weighted by atomic mass is 9.78. The van der Waals surface area contributed by atoms with E-state index >= 15 is 0 Å². The molecule has 1 amide bonds. The summed E-state index contributed by atoms with van der Waals surface area (Å²) in [6.07, 6.45) is 5.25. The van der Waals surface area contributed by atoms with Crippen LogP contribution in [0.25, 0.3) is 0 Å². The molecule has 6 nitrogen and oxygen atoms in total. The van der Waals surface area contributed by atoms with Crippen LogP contribution in [0.5, 0.6) is 0 Å². The zero-order valence-electron chi connectivity index (χ0n) is 11.1. The Labute approximate surface area is 117 Å². The molecule has 0 atom stereocenters. The second-order valence-corrected chi connectivity index (χ2v) is 6.52. The number of rotatable bonds is 5. The lowest BCUT2D eigenvalue weighted by Gasteiger charge is -2.34. The largest absolute Gasteiger partial charge is 0.409 e. The number of nitrogens with one attached hydrogen (secondary N) is 1. The first kappa shape index (κ1) is 14.5. The molecule has 4 N–H and O–H groups in total. The Bertz CT molecular complexity index is 376. The van der Waals surface area contributed by atoms with Crippen molar-refractivity contribution in [2.24, 2.45) is 16.3 Å². The number of hydrogen-bond donors (Lipinski definition) is 3. The highest BCUT2D eigenvalue weighted by Crippen LogP contribution is 2.46. The van der Waals surface area contributed by atoms with Gasteiger partial charge in [-0.25, -0.2) is 0 Å². The monoisotopic (exact) mass is 287 g/mol. The fraction of sp³-hybridized carbons (Fsp3) is 0.833. The van der Waals surface area contributed by atoms with Gasteiger partial charge in [-0.3, -0.25) is 4.79 Å². The van der Waals surface area contributed by atoms with Crippen molar-refractivity contribution in [1.29, 1.82) is 0 Å². The molecule has 1 saturated carbocycles. The van der Waals surface area contributed by atoms with Crippen LogP contribution in [0.1, 0.15) is 25.7 Å². The van der Waals surface area contributed by atoms with E-state index in [4.69, 9.17) is 15.7 Å². The number of thioether (sulfide) groups is 1. The highest BCUT2D eigenvalue weighted by atomic mass is 32.2.